The number of carbonyl (C=O) groups is 1. The molecule has 4 nitrogen and oxygen atoms in total. The van der Waals surface area contributed by atoms with Crippen molar-refractivity contribution in [1.82, 2.24) is 0 Å². The first-order chi connectivity index (χ1) is 10.0. The van der Waals surface area contributed by atoms with Gasteiger partial charge in [-0.05, 0) is 36.8 Å². The molecule has 0 spiro atoms. The molecule has 1 aromatic carbocycles. The average Bonchev–Trinajstić information content (AvgIpc) is 2.43. The van der Waals surface area contributed by atoms with E-state index >= 15 is 0 Å². The Hall–Kier alpha value is -1.71. The summed E-state index contributed by atoms with van der Waals surface area (Å²) in [5.41, 5.74) is 1.17. The van der Waals surface area contributed by atoms with Gasteiger partial charge in [0.1, 0.15) is 5.56 Å². The molecular formula is C17H25NO3. The molecule has 0 aromatic heterocycles. The summed E-state index contributed by atoms with van der Waals surface area (Å²) in [5, 5.41) is 9.39. The van der Waals surface area contributed by atoms with Gasteiger partial charge in [0.05, 0.1) is 12.3 Å². The number of nitrogens with zero attached hydrogens (tertiary/aromatic N) is 1. The third-order valence-corrected chi connectivity index (χ3v) is 3.88. The van der Waals surface area contributed by atoms with Crippen molar-refractivity contribution in [3.63, 3.8) is 0 Å². The number of hydrogen-bond acceptors (Lipinski definition) is 3. The number of para-hydroxylation sites is 1. The molecule has 1 N–H and O–H groups in total. The second-order valence-electron chi connectivity index (χ2n) is 6.16. The summed E-state index contributed by atoms with van der Waals surface area (Å²) in [4.78, 5) is 13.7. The van der Waals surface area contributed by atoms with Gasteiger partial charge in [-0.25, -0.2) is 4.79 Å². The van der Waals surface area contributed by atoms with E-state index in [-0.39, 0.29) is 5.56 Å². The highest BCUT2D eigenvalue weighted by molar-refractivity contribution is 5.93. The number of ether oxygens (including phenoxy) is 1. The van der Waals surface area contributed by atoms with Crippen molar-refractivity contribution >= 4 is 11.7 Å². The van der Waals surface area contributed by atoms with Crippen LogP contribution >= 0.6 is 0 Å². The molecule has 0 radical (unpaired) electrons. The number of hydrogen-bond donors (Lipinski definition) is 1. The SMILES string of the molecule is CCCOc1c(C(=O)O)cccc1N1CC(C)CC(C)C1. The van der Waals surface area contributed by atoms with E-state index in [4.69, 9.17) is 4.74 Å². The molecule has 1 aromatic rings. The number of benzene rings is 1. The summed E-state index contributed by atoms with van der Waals surface area (Å²) in [6.45, 7) is 8.96. The first kappa shape index (κ1) is 15.7. The lowest BCUT2D eigenvalue weighted by Crippen LogP contribution is -2.39. The normalized spacial score (nSPS) is 22.1. The minimum absolute atomic E-state index is 0.256. The zero-order valence-corrected chi connectivity index (χ0v) is 13.1. The van der Waals surface area contributed by atoms with E-state index in [0.29, 0.717) is 24.2 Å². The van der Waals surface area contributed by atoms with E-state index in [9.17, 15) is 9.90 Å². The van der Waals surface area contributed by atoms with Crippen LogP contribution in [0.1, 0.15) is 44.0 Å². The second-order valence-corrected chi connectivity index (χ2v) is 6.16. The van der Waals surface area contributed by atoms with Crippen LogP contribution in [0.3, 0.4) is 0 Å². The highest BCUT2D eigenvalue weighted by Crippen LogP contribution is 2.36. The lowest BCUT2D eigenvalue weighted by atomic mass is 9.91. The fourth-order valence-corrected chi connectivity index (χ4v) is 3.16. The third-order valence-electron chi connectivity index (χ3n) is 3.88. The smallest absolute Gasteiger partial charge is 0.339 e. The van der Waals surface area contributed by atoms with E-state index < -0.39 is 5.97 Å². The summed E-state index contributed by atoms with van der Waals surface area (Å²) in [6.07, 6.45) is 2.08. The molecule has 1 aliphatic rings. The molecule has 1 aliphatic heterocycles. The summed E-state index contributed by atoms with van der Waals surface area (Å²) < 4.78 is 5.78. The quantitative estimate of drug-likeness (QED) is 0.899. The Morgan fingerprint density at radius 2 is 2.00 bits per heavy atom. The molecule has 2 atom stereocenters. The largest absolute Gasteiger partial charge is 0.491 e. The van der Waals surface area contributed by atoms with Gasteiger partial charge >= 0.3 is 5.97 Å². The van der Waals surface area contributed by atoms with Gasteiger partial charge in [-0.2, -0.15) is 0 Å². The molecule has 0 aliphatic carbocycles. The van der Waals surface area contributed by atoms with Gasteiger partial charge in [-0.1, -0.05) is 26.8 Å². The van der Waals surface area contributed by atoms with Crippen LogP contribution in [0.15, 0.2) is 18.2 Å². The molecule has 2 unspecified atom stereocenters. The standard InChI is InChI=1S/C17H25NO3/c1-4-8-21-16-14(17(19)20)6-5-7-15(16)18-10-12(2)9-13(3)11-18/h5-7,12-13H,4,8-11H2,1-3H3,(H,19,20). The van der Waals surface area contributed by atoms with Gasteiger partial charge in [0.25, 0.3) is 0 Å². The van der Waals surface area contributed by atoms with Crippen LogP contribution in [0.25, 0.3) is 0 Å². The Morgan fingerprint density at radius 3 is 2.57 bits per heavy atom. The Bertz CT molecular complexity index is 491. The van der Waals surface area contributed by atoms with Crippen molar-refractivity contribution in [3.8, 4) is 5.75 Å². The number of anilines is 1. The van der Waals surface area contributed by atoms with Gasteiger partial charge in [0.2, 0.25) is 0 Å². The van der Waals surface area contributed by atoms with Crippen LogP contribution in [-0.2, 0) is 0 Å². The fraction of sp³-hybridized carbons (Fsp3) is 0.588. The van der Waals surface area contributed by atoms with Crippen molar-refractivity contribution < 1.29 is 14.6 Å². The summed E-state index contributed by atoms with van der Waals surface area (Å²) >= 11 is 0. The molecule has 0 saturated carbocycles. The Balaban J connectivity index is 2.36. The van der Waals surface area contributed by atoms with Crippen LogP contribution in [0, 0.1) is 11.8 Å². The summed E-state index contributed by atoms with van der Waals surface area (Å²) in [6, 6.07) is 5.40. The third kappa shape index (κ3) is 3.69. The molecule has 1 heterocycles. The van der Waals surface area contributed by atoms with E-state index in [2.05, 4.69) is 18.7 Å². The lowest BCUT2D eigenvalue weighted by Gasteiger charge is -2.37. The summed E-state index contributed by atoms with van der Waals surface area (Å²) in [5.74, 6) is 0.816. The fourth-order valence-electron chi connectivity index (χ4n) is 3.16. The van der Waals surface area contributed by atoms with E-state index in [0.717, 1.165) is 25.2 Å². The van der Waals surface area contributed by atoms with Gasteiger partial charge in [-0.15, -0.1) is 0 Å². The maximum Gasteiger partial charge on any atom is 0.339 e. The first-order valence-electron chi connectivity index (χ1n) is 7.77. The highest BCUT2D eigenvalue weighted by Gasteiger charge is 2.26. The molecule has 2 rings (SSSR count). The maximum absolute atomic E-state index is 11.5. The average molecular weight is 291 g/mol. The minimum atomic E-state index is -0.930. The maximum atomic E-state index is 11.5. The number of aromatic carboxylic acids is 1. The van der Waals surface area contributed by atoms with Crippen molar-refractivity contribution in [2.24, 2.45) is 11.8 Å². The van der Waals surface area contributed by atoms with Gasteiger partial charge in [0, 0.05) is 13.1 Å². The predicted octanol–water partition coefficient (Wildman–Crippen LogP) is 3.66. The van der Waals surface area contributed by atoms with Crippen molar-refractivity contribution in [2.75, 3.05) is 24.6 Å². The first-order valence-corrected chi connectivity index (χ1v) is 7.77. The zero-order chi connectivity index (χ0) is 15.4. The monoisotopic (exact) mass is 291 g/mol. The molecule has 21 heavy (non-hydrogen) atoms. The Kier molecular flexibility index (Phi) is 5.10. The van der Waals surface area contributed by atoms with Crippen LogP contribution in [0.5, 0.6) is 5.75 Å². The van der Waals surface area contributed by atoms with E-state index in [1.165, 1.54) is 6.42 Å². The molecule has 0 amide bonds. The molecular weight excluding hydrogens is 266 g/mol. The van der Waals surface area contributed by atoms with Crippen LogP contribution in [-0.4, -0.2) is 30.8 Å². The molecule has 4 heteroatoms. The minimum Gasteiger partial charge on any atom is -0.491 e. The van der Waals surface area contributed by atoms with E-state index in [1.807, 2.05) is 19.1 Å². The topological polar surface area (TPSA) is 49.8 Å². The van der Waals surface area contributed by atoms with Gasteiger partial charge < -0.3 is 14.7 Å². The number of carboxylic acids is 1. The highest BCUT2D eigenvalue weighted by atomic mass is 16.5. The molecule has 1 fully saturated rings. The Labute approximate surface area is 126 Å². The Morgan fingerprint density at radius 1 is 1.33 bits per heavy atom. The molecule has 0 bridgehead atoms. The number of carboxylic acid groups (broad SMARTS) is 1. The second kappa shape index (κ2) is 6.83. The number of piperidine rings is 1. The van der Waals surface area contributed by atoms with Gasteiger partial charge in [-0.3, -0.25) is 0 Å². The molecule has 1 saturated heterocycles. The predicted molar refractivity (Wildman–Crippen MR) is 84.3 cm³/mol. The van der Waals surface area contributed by atoms with Crippen LogP contribution in [0.4, 0.5) is 5.69 Å². The van der Waals surface area contributed by atoms with Crippen molar-refractivity contribution in [3.05, 3.63) is 23.8 Å². The van der Waals surface area contributed by atoms with Crippen LogP contribution in [0.2, 0.25) is 0 Å². The van der Waals surface area contributed by atoms with Crippen molar-refractivity contribution in [2.45, 2.75) is 33.6 Å². The van der Waals surface area contributed by atoms with Gasteiger partial charge in [0.15, 0.2) is 5.75 Å². The summed E-state index contributed by atoms with van der Waals surface area (Å²) in [7, 11) is 0. The zero-order valence-electron chi connectivity index (χ0n) is 13.1. The van der Waals surface area contributed by atoms with E-state index in [1.54, 1.807) is 6.07 Å². The van der Waals surface area contributed by atoms with Crippen molar-refractivity contribution in [1.29, 1.82) is 0 Å². The number of rotatable bonds is 5. The lowest BCUT2D eigenvalue weighted by molar-refractivity contribution is 0.0692. The van der Waals surface area contributed by atoms with Crippen LogP contribution < -0.4 is 9.64 Å². The molecule has 116 valence electrons.